The molecule has 1 fully saturated rings. The van der Waals surface area contributed by atoms with Crippen molar-refractivity contribution in [2.75, 3.05) is 0 Å². The Kier molecular flexibility index (Phi) is 3.95. The highest BCUT2D eigenvalue weighted by molar-refractivity contribution is 5.92. The van der Waals surface area contributed by atoms with Crippen molar-refractivity contribution in [2.45, 2.75) is 58.4 Å². The van der Waals surface area contributed by atoms with Gasteiger partial charge in [-0.3, -0.25) is 4.79 Å². The van der Waals surface area contributed by atoms with Crippen molar-refractivity contribution in [2.24, 2.45) is 5.92 Å². The van der Waals surface area contributed by atoms with Crippen LogP contribution in [-0.2, 0) is 4.79 Å². The lowest BCUT2D eigenvalue weighted by Gasteiger charge is -2.41. The fourth-order valence-corrected chi connectivity index (χ4v) is 2.36. The van der Waals surface area contributed by atoms with Crippen LogP contribution in [-0.4, -0.2) is 11.4 Å². The molecule has 1 rings (SSSR count). The monoisotopic (exact) mass is 209 g/mol. The molecule has 15 heavy (non-hydrogen) atoms. The number of carbonyl (C=O) groups is 1. The zero-order chi connectivity index (χ0) is 11.5. The molecule has 0 heterocycles. The zero-order valence-electron chi connectivity index (χ0n) is 10.2. The van der Waals surface area contributed by atoms with Crippen molar-refractivity contribution in [3.8, 4) is 0 Å². The van der Waals surface area contributed by atoms with E-state index in [-0.39, 0.29) is 11.4 Å². The minimum absolute atomic E-state index is 0.0191. The van der Waals surface area contributed by atoms with Crippen molar-refractivity contribution in [1.82, 2.24) is 5.32 Å². The van der Waals surface area contributed by atoms with Crippen LogP contribution in [0.2, 0.25) is 0 Å². The van der Waals surface area contributed by atoms with E-state index >= 15 is 0 Å². The quantitative estimate of drug-likeness (QED) is 0.711. The highest BCUT2D eigenvalue weighted by Gasteiger charge is 2.36. The molecule has 86 valence electrons. The van der Waals surface area contributed by atoms with Gasteiger partial charge in [-0.25, -0.2) is 0 Å². The number of rotatable bonds is 3. The summed E-state index contributed by atoms with van der Waals surface area (Å²) in [5.74, 6) is 0.520. The Morgan fingerprint density at radius 3 is 2.20 bits per heavy atom. The van der Waals surface area contributed by atoms with Gasteiger partial charge in [0.15, 0.2) is 0 Å². The van der Waals surface area contributed by atoms with E-state index in [1.54, 1.807) is 6.92 Å². The molecule has 0 saturated heterocycles. The van der Waals surface area contributed by atoms with Gasteiger partial charge in [0.2, 0.25) is 5.91 Å². The third-order valence-corrected chi connectivity index (χ3v) is 3.60. The summed E-state index contributed by atoms with van der Waals surface area (Å²) in [6, 6.07) is 0. The Balaban J connectivity index is 2.73. The lowest BCUT2D eigenvalue weighted by atomic mass is 9.74. The zero-order valence-corrected chi connectivity index (χ0v) is 10.2. The molecule has 1 aliphatic carbocycles. The maximum absolute atomic E-state index is 11.7. The number of hydrogen-bond donors (Lipinski definition) is 1. The normalized spacial score (nSPS) is 20.0. The molecular formula is C13H23NO. The number of hydrogen-bond acceptors (Lipinski definition) is 1. The van der Waals surface area contributed by atoms with Gasteiger partial charge in [-0.1, -0.05) is 39.7 Å². The van der Waals surface area contributed by atoms with Crippen LogP contribution < -0.4 is 5.32 Å². The van der Waals surface area contributed by atoms with E-state index in [0.717, 1.165) is 12.8 Å². The second-order valence-corrected chi connectivity index (χ2v) is 5.11. The molecule has 1 N–H and O–H groups in total. The summed E-state index contributed by atoms with van der Waals surface area (Å²) in [4.78, 5) is 11.7. The topological polar surface area (TPSA) is 29.1 Å². The van der Waals surface area contributed by atoms with Gasteiger partial charge in [-0.2, -0.15) is 0 Å². The molecule has 1 amide bonds. The fraction of sp³-hybridized carbons (Fsp3) is 0.769. The minimum atomic E-state index is 0.0191. The van der Waals surface area contributed by atoms with E-state index in [1.165, 1.54) is 19.3 Å². The first-order valence-electron chi connectivity index (χ1n) is 5.96. The Morgan fingerprint density at radius 2 is 1.80 bits per heavy atom. The maximum atomic E-state index is 11.7. The van der Waals surface area contributed by atoms with Crippen molar-refractivity contribution >= 4 is 5.91 Å². The summed E-state index contributed by atoms with van der Waals surface area (Å²) >= 11 is 0. The first-order chi connectivity index (χ1) is 6.98. The van der Waals surface area contributed by atoms with E-state index in [2.05, 4.69) is 25.7 Å². The van der Waals surface area contributed by atoms with Gasteiger partial charge < -0.3 is 5.32 Å². The van der Waals surface area contributed by atoms with Gasteiger partial charge in [-0.15, -0.1) is 0 Å². The molecule has 0 unspecified atom stereocenters. The number of amides is 1. The van der Waals surface area contributed by atoms with Crippen LogP contribution in [0.15, 0.2) is 12.2 Å². The molecule has 0 spiro atoms. The van der Waals surface area contributed by atoms with Crippen LogP contribution in [0.5, 0.6) is 0 Å². The number of nitrogens with one attached hydrogen (secondary N) is 1. The fourth-order valence-electron chi connectivity index (χ4n) is 2.36. The van der Waals surface area contributed by atoms with Crippen LogP contribution in [0.4, 0.5) is 0 Å². The highest BCUT2D eigenvalue weighted by atomic mass is 16.1. The second-order valence-electron chi connectivity index (χ2n) is 5.11. The van der Waals surface area contributed by atoms with Gasteiger partial charge in [0.25, 0.3) is 0 Å². The maximum Gasteiger partial charge on any atom is 0.246 e. The van der Waals surface area contributed by atoms with Crippen molar-refractivity contribution in [1.29, 1.82) is 0 Å². The average Bonchev–Trinajstić information content (AvgIpc) is 2.18. The Labute approximate surface area is 93.1 Å². The molecule has 0 aromatic rings. The summed E-state index contributed by atoms with van der Waals surface area (Å²) in [6.45, 7) is 9.87. The lowest BCUT2D eigenvalue weighted by molar-refractivity contribution is -0.120. The van der Waals surface area contributed by atoms with Crippen molar-refractivity contribution < 1.29 is 4.79 Å². The summed E-state index contributed by atoms with van der Waals surface area (Å²) in [7, 11) is 0. The molecule has 2 heteroatoms. The van der Waals surface area contributed by atoms with E-state index in [1.807, 2.05) is 0 Å². The minimum Gasteiger partial charge on any atom is -0.347 e. The predicted molar refractivity (Wildman–Crippen MR) is 63.6 cm³/mol. The lowest BCUT2D eigenvalue weighted by Crippen LogP contribution is -2.53. The van der Waals surface area contributed by atoms with Crippen molar-refractivity contribution in [3.63, 3.8) is 0 Å². The molecule has 1 saturated carbocycles. The van der Waals surface area contributed by atoms with E-state index < -0.39 is 0 Å². The summed E-state index contributed by atoms with van der Waals surface area (Å²) < 4.78 is 0. The van der Waals surface area contributed by atoms with Crippen LogP contribution in [0.3, 0.4) is 0 Å². The SMILES string of the molecule is C=C(C)C(=O)NC1(C(C)C)CCCCC1. The predicted octanol–water partition coefficient (Wildman–Crippen LogP) is 3.04. The average molecular weight is 209 g/mol. The molecule has 0 atom stereocenters. The molecule has 1 aliphatic rings. The van der Waals surface area contributed by atoms with E-state index in [0.29, 0.717) is 11.5 Å². The summed E-state index contributed by atoms with van der Waals surface area (Å²) in [5, 5.41) is 3.19. The first kappa shape index (κ1) is 12.3. The summed E-state index contributed by atoms with van der Waals surface area (Å²) in [6.07, 6.45) is 5.99. The highest BCUT2D eigenvalue weighted by Crippen LogP contribution is 2.34. The smallest absolute Gasteiger partial charge is 0.246 e. The second kappa shape index (κ2) is 4.82. The van der Waals surface area contributed by atoms with Gasteiger partial charge >= 0.3 is 0 Å². The molecule has 0 aromatic carbocycles. The first-order valence-corrected chi connectivity index (χ1v) is 5.96. The number of carbonyl (C=O) groups excluding carboxylic acids is 1. The Bertz CT molecular complexity index is 249. The molecule has 0 aromatic heterocycles. The van der Waals surface area contributed by atoms with Crippen LogP contribution >= 0.6 is 0 Å². The van der Waals surface area contributed by atoms with Gasteiger partial charge in [0.05, 0.1) is 0 Å². The molecular weight excluding hydrogens is 186 g/mol. The van der Waals surface area contributed by atoms with Gasteiger partial charge in [0, 0.05) is 11.1 Å². The molecule has 0 bridgehead atoms. The Hall–Kier alpha value is -0.790. The van der Waals surface area contributed by atoms with Gasteiger partial charge in [-0.05, 0) is 25.7 Å². The third-order valence-electron chi connectivity index (χ3n) is 3.60. The van der Waals surface area contributed by atoms with Crippen LogP contribution in [0.1, 0.15) is 52.9 Å². The molecule has 2 nitrogen and oxygen atoms in total. The standard InChI is InChI=1S/C13H23NO/c1-10(2)12(15)14-13(11(3)4)8-6-5-7-9-13/h11H,1,5-9H2,2-4H3,(H,14,15). The van der Waals surface area contributed by atoms with E-state index in [9.17, 15) is 4.79 Å². The largest absolute Gasteiger partial charge is 0.347 e. The Morgan fingerprint density at radius 1 is 1.27 bits per heavy atom. The third kappa shape index (κ3) is 2.83. The van der Waals surface area contributed by atoms with Gasteiger partial charge in [0.1, 0.15) is 0 Å². The molecule has 0 aliphatic heterocycles. The summed E-state index contributed by atoms with van der Waals surface area (Å²) in [5.41, 5.74) is 0.634. The van der Waals surface area contributed by atoms with E-state index in [4.69, 9.17) is 0 Å². The molecule has 0 radical (unpaired) electrons. The van der Waals surface area contributed by atoms with Crippen LogP contribution in [0, 0.1) is 5.92 Å². The van der Waals surface area contributed by atoms with Crippen molar-refractivity contribution in [3.05, 3.63) is 12.2 Å². The van der Waals surface area contributed by atoms with Crippen LogP contribution in [0.25, 0.3) is 0 Å².